The fraction of sp³-hybridized carbons (Fsp3) is 0.545. The Hall–Kier alpha value is -0.940. The second-order valence-corrected chi connectivity index (χ2v) is 4.30. The zero-order valence-corrected chi connectivity index (χ0v) is 10.4. The number of nitrogens with one attached hydrogen (secondary N) is 1. The van der Waals surface area contributed by atoms with Gasteiger partial charge in [-0.05, 0) is 31.0 Å². The summed E-state index contributed by atoms with van der Waals surface area (Å²) in [6, 6.07) is 1.70. The first-order chi connectivity index (χ1) is 7.77. The van der Waals surface area contributed by atoms with E-state index in [1.165, 1.54) is 13.4 Å². The molecule has 0 aromatic carbocycles. The molecule has 0 amide bonds. The Morgan fingerprint density at radius 3 is 3.12 bits per heavy atom. The van der Waals surface area contributed by atoms with Crippen molar-refractivity contribution in [1.29, 1.82) is 0 Å². The van der Waals surface area contributed by atoms with Crippen LogP contribution in [0.2, 0.25) is 0 Å². The number of thioether (sulfide) groups is 1. The Bertz CT molecular complexity index is 325. The van der Waals surface area contributed by atoms with E-state index in [4.69, 9.17) is 4.42 Å². The van der Waals surface area contributed by atoms with Gasteiger partial charge in [-0.2, -0.15) is 11.8 Å². The van der Waals surface area contributed by atoms with E-state index >= 15 is 0 Å². The van der Waals surface area contributed by atoms with Crippen molar-refractivity contribution in [2.24, 2.45) is 0 Å². The van der Waals surface area contributed by atoms with Gasteiger partial charge in [0.25, 0.3) is 0 Å². The SMILES string of the molecule is COC(=O)c1coc(CNCCCSC)c1. The first-order valence-corrected chi connectivity index (χ1v) is 6.52. The molecule has 0 aliphatic rings. The molecule has 1 N–H and O–H groups in total. The van der Waals surface area contributed by atoms with Crippen LogP contribution in [0.25, 0.3) is 0 Å². The highest BCUT2D eigenvalue weighted by atomic mass is 32.2. The highest BCUT2D eigenvalue weighted by molar-refractivity contribution is 7.98. The van der Waals surface area contributed by atoms with E-state index in [9.17, 15) is 4.79 Å². The van der Waals surface area contributed by atoms with Gasteiger partial charge in [-0.25, -0.2) is 4.79 Å². The minimum Gasteiger partial charge on any atom is -0.467 e. The molecule has 0 saturated heterocycles. The molecule has 1 aromatic heterocycles. The summed E-state index contributed by atoms with van der Waals surface area (Å²) in [6.45, 7) is 1.60. The molecular weight excluding hydrogens is 226 g/mol. The van der Waals surface area contributed by atoms with Crippen molar-refractivity contribution < 1.29 is 13.9 Å². The molecule has 0 radical (unpaired) electrons. The summed E-state index contributed by atoms with van der Waals surface area (Å²) in [5.41, 5.74) is 0.461. The Morgan fingerprint density at radius 1 is 1.62 bits per heavy atom. The molecule has 4 nitrogen and oxygen atoms in total. The molecule has 0 unspecified atom stereocenters. The van der Waals surface area contributed by atoms with E-state index in [0.29, 0.717) is 12.1 Å². The molecule has 0 atom stereocenters. The first kappa shape index (κ1) is 13.1. The molecule has 0 aliphatic carbocycles. The lowest BCUT2D eigenvalue weighted by Crippen LogP contribution is -2.14. The topological polar surface area (TPSA) is 51.5 Å². The van der Waals surface area contributed by atoms with Crippen LogP contribution in [0, 0.1) is 0 Å². The minimum atomic E-state index is -0.364. The standard InChI is InChI=1S/C11H17NO3S/c1-14-11(13)9-6-10(15-8-9)7-12-4-3-5-16-2/h6,8,12H,3-5,7H2,1-2H3. The predicted molar refractivity (Wildman–Crippen MR) is 64.8 cm³/mol. The van der Waals surface area contributed by atoms with Crippen LogP contribution in [-0.4, -0.2) is 31.6 Å². The van der Waals surface area contributed by atoms with Crippen molar-refractivity contribution in [3.05, 3.63) is 23.7 Å². The summed E-state index contributed by atoms with van der Waals surface area (Å²) < 4.78 is 9.81. The molecular formula is C11H17NO3S. The van der Waals surface area contributed by atoms with Gasteiger partial charge in [-0.1, -0.05) is 0 Å². The van der Waals surface area contributed by atoms with E-state index < -0.39 is 0 Å². The van der Waals surface area contributed by atoms with Gasteiger partial charge in [-0.3, -0.25) is 0 Å². The van der Waals surface area contributed by atoms with Crippen molar-refractivity contribution in [3.8, 4) is 0 Å². The summed E-state index contributed by atoms with van der Waals surface area (Å²) in [4.78, 5) is 11.1. The Morgan fingerprint density at radius 2 is 2.44 bits per heavy atom. The van der Waals surface area contributed by atoms with Gasteiger partial charge in [0.2, 0.25) is 0 Å². The van der Waals surface area contributed by atoms with Crippen LogP contribution in [0.4, 0.5) is 0 Å². The van der Waals surface area contributed by atoms with Gasteiger partial charge in [-0.15, -0.1) is 0 Å². The zero-order valence-electron chi connectivity index (χ0n) is 9.62. The highest BCUT2D eigenvalue weighted by Gasteiger charge is 2.09. The van der Waals surface area contributed by atoms with Gasteiger partial charge in [0.1, 0.15) is 12.0 Å². The Balaban J connectivity index is 2.27. The number of ether oxygens (including phenoxy) is 1. The molecule has 0 aliphatic heterocycles. The third-order valence-corrected chi connectivity index (χ3v) is 2.77. The number of methoxy groups -OCH3 is 1. The maximum atomic E-state index is 11.1. The average molecular weight is 243 g/mol. The maximum Gasteiger partial charge on any atom is 0.341 e. The van der Waals surface area contributed by atoms with Crippen LogP contribution in [-0.2, 0) is 11.3 Å². The van der Waals surface area contributed by atoms with E-state index in [0.717, 1.165) is 24.5 Å². The lowest BCUT2D eigenvalue weighted by atomic mass is 10.3. The van der Waals surface area contributed by atoms with Gasteiger partial charge in [0.15, 0.2) is 0 Å². The van der Waals surface area contributed by atoms with Crippen molar-refractivity contribution in [1.82, 2.24) is 5.32 Å². The van der Waals surface area contributed by atoms with Gasteiger partial charge < -0.3 is 14.5 Å². The van der Waals surface area contributed by atoms with E-state index in [1.807, 2.05) is 11.8 Å². The molecule has 5 heteroatoms. The second kappa shape index (κ2) is 7.35. The van der Waals surface area contributed by atoms with Crippen LogP contribution >= 0.6 is 11.8 Å². The molecule has 0 bridgehead atoms. The van der Waals surface area contributed by atoms with Gasteiger partial charge in [0.05, 0.1) is 19.2 Å². The Labute approximate surface area is 99.7 Å². The number of hydrogen-bond donors (Lipinski definition) is 1. The molecule has 0 fully saturated rings. The quantitative estimate of drug-likeness (QED) is 0.585. The Kier molecular flexibility index (Phi) is 6.03. The predicted octanol–water partition coefficient (Wildman–Crippen LogP) is 1.91. The molecule has 0 saturated carbocycles. The lowest BCUT2D eigenvalue weighted by molar-refractivity contribution is 0.0600. The number of carbonyl (C=O) groups is 1. The number of esters is 1. The largest absolute Gasteiger partial charge is 0.467 e. The van der Waals surface area contributed by atoms with E-state index in [-0.39, 0.29) is 5.97 Å². The smallest absolute Gasteiger partial charge is 0.341 e. The molecule has 1 rings (SSSR count). The fourth-order valence-electron chi connectivity index (χ4n) is 1.25. The third kappa shape index (κ3) is 4.28. The lowest BCUT2D eigenvalue weighted by Gasteiger charge is -2.00. The zero-order chi connectivity index (χ0) is 11.8. The van der Waals surface area contributed by atoms with Crippen molar-refractivity contribution in [3.63, 3.8) is 0 Å². The summed E-state index contributed by atoms with van der Waals surface area (Å²) in [7, 11) is 1.36. The molecule has 0 spiro atoms. The number of rotatable bonds is 7. The third-order valence-electron chi connectivity index (χ3n) is 2.08. The van der Waals surface area contributed by atoms with Crippen molar-refractivity contribution >= 4 is 17.7 Å². The summed E-state index contributed by atoms with van der Waals surface area (Å²) in [6.07, 6.45) is 4.64. The van der Waals surface area contributed by atoms with Gasteiger partial charge in [0, 0.05) is 0 Å². The fourth-order valence-corrected chi connectivity index (χ4v) is 1.68. The second-order valence-electron chi connectivity index (χ2n) is 3.32. The first-order valence-electron chi connectivity index (χ1n) is 5.13. The molecule has 1 heterocycles. The van der Waals surface area contributed by atoms with Crippen LogP contribution in [0.15, 0.2) is 16.7 Å². The average Bonchev–Trinajstić information content (AvgIpc) is 2.76. The highest BCUT2D eigenvalue weighted by Crippen LogP contribution is 2.08. The number of hydrogen-bond acceptors (Lipinski definition) is 5. The van der Waals surface area contributed by atoms with Crippen LogP contribution in [0.3, 0.4) is 0 Å². The molecule has 16 heavy (non-hydrogen) atoms. The number of carbonyl (C=O) groups excluding carboxylic acids is 1. The van der Waals surface area contributed by atoms with Crippen molar-refractivity contribution in [2.45, 2.75) is 13.0 Å². The molecule has 1 aromatic rings. The maximum absolute atomic E-state index is 11.1. The summed E-state index contributed by atoms with van der Waals surface area (Å²) >= 11 is 1.83. The van der Waals surface area contributed by atoms with E-state index in [1.54, 1.807) is 6.07 Å². The number of furan rings is 1. The van der Waals surface area contributed by atoms with E-state index in [2.05, 4.69) is 16.3 Å². The monoisotopic (exact) mass is 243 g/mol. The van der Waals surface area contributed by atoms with Crippen LogP contribution in [0.1, 0.15) is 22.5 Å². The molecule has 90 valence electrons. The summed E-state index contributed by atoms with van der Waals surface area (Å²) in [5, 5.41) is 3.25. The summed E-state index contributed by atoms with van der Waals surface area (Å²) in [5.74, 6) is 1.54. The van der Waals surface area contributed by atoms with Gasteiger partial charge >= 0.3 is 5.97 Å². The minimum absolute atomic E-state index is 0.364. The van der Waals surface area contributed by atoms with Crippen molar-refractivity contribution in [2.75, 3.05) is 25.7 Å². The normalized spacial score (nSPS) is 10.4. The van der Waals surface area contributed by atoms with Crippen LogP contribution in [0.5, 0.6) is 0 Å². The van der Waals surface area contributed by atoms with Crippen LogP contribution < -0.4 is 5.32 Å².